The summed E-state index contributed by atoms with van der Waals surface area (Å²) in [5.74, 6) is -0.992. The van der Waals surface area contributed by atoms with Crippen LogP contribution < -0.4 is 10.1 Å². The number of benzene rings is 2. The number of alkyl halides is 3. The average Bonchev–Trinajstić information content (AvgIpc) is 2.52. The third-order valence-electron chi connectivity index (χ3n) is 2.91. The maximum absolute atomic E-state index is 12.3. The SMILES string of the molecule is O=C(Nc1cccc(OCC(F)(F)F)c1)c1c(Cl)cccc1[N+](=O)[O-]. The second-order valence-electron chi connectivity index (χ2n) is 4.78. The number of nitrogens with zero attached hydrogens (tertiary/aromatic N) is 1. The monoisotopic (exact) mass is 374 g/mol. The predicted molar refractivity (Wildman–Crippen MR) is 84.1 cm³/mol. The molecule has 132 valence electrons. The number of anilines is 1. The molecule has 2 rings (SSSR count). The van der Waals surface area contributed by atoms with Crippen LogP contribution >= 0.6 is 11.6 Å². The smallest absolute Gasteiger partial charge is 0.422 e. The van der Waals surface area contributed by atoms with Gasteiger partial charge in [0.25, 0.3) is 11.6 Å². The van der Waals surface area contributed by atoms with E-state index in [9.17, 15) is 28.1 Å². The number of nitro groups is 1. The zero-order chi connectivity index (χ0) is 18.6. The fourth-order valence-corrected chi connectivity index (χ4v) is 2.17. The molecule has 10 heteroatoms. The molecule has 0 unspecified atom stereocenters. The third-order valence-corrected chi connectivity index (χ3v) is 3.22. The van der Waals surface area contributed by atoms with Crippen molar-refractivity contribution in [1.82, 2.24) is 0 Å². The summed E-state index contributed by atoms with van der Waals surface area (Å²) in [6.45, 7) is -1.49. The van der Waals surface area contributed by atoms with Gasteiger partial charge in [-0.2, -0.15) is 13.2 Å². The zero-order valence-corrected chi connectivity index (χ0v) is 13.1. The summed E-state index contributed by atoms with van der Waals surface area (Å²) in [5, 5.41) is 13.2. The number of hydrogen-bond acceptors (Lipinski definition) is 4. The van der Waals surface area contributed by atoms with Crippen molar-refractivity contribution in [2.45, 2.75) is 6.18 Å². The minimum Gasteiger partial charge on any atom is -0.484 e. The summed E-state index contributed by atoms with van der Waals surface area (Å²) in [7, 11) is 0. The fraction of sp³-hybridized carbons (Fsp3) is 0.133. The van der Waals surface area contributed by atoms with Crippen LogP contribution in [0.3, 0.4) is 0 Å². The van der Waals surface area contributed by atoms with Crippen molar-refractivity contribution in [3.8, 4) is 5.75 Å². The molecule has 1 N–H and O–H groups in total. The summed E-state index contributed by atoms with van der Waals surface area (Å²) in [6.07, 6.45) is -4.50. The Morgan fingerprint density at radius 1 is 1.24 bits per heavy atom. The van der Waals surface area contributed by atoms with E-state index < -0.39 is 29.3 Å². The van der Waals surface area contributed by atoms with Gasteiger partial charge < -0.3 is 10.1 Å². The van der Waals surface area contributed by atoms with Gasteiger partial charge in [-0.15, -0.1) is 0 Å². The van der Waals surface area contributed by atoms with E-state index >= 15 is 0 Å². The molecule has 0 aliphatic rings. The van der Waals surface area contributed by atoms with Gasteiger partial charge in [0.05, 0.1) is 9.95 Å². The molecule has 0 heterocycles. The van der Waals surface area contributed by atoms with Crippen molar-refractivity contribution in [2.24, 2.45) is 0 Å². The largest absolute Gasteiger partial charge is 0.484 e. The first kappa shape index (κ1) is 18.5. The molecular weight excluding hydrogens is 365 g/mol. The number of nitrogens with one attached hydrogen (secondary N) is 1. The summed E-state index contributed by atoms with van der Waals surface area (Å²) in [6, 6.07) is 8.94. The molecule has 0 aromatic heterocycles. The quantitative estimate of drug-likeness (QED) is 0.619. The fourth-order valence-electron chi connectivity index (χ4n) is 1.91. The van der Waals surface area contributed by atoms with Gasteiger partial charge >= 0.3 is 6.18 Å². The molecule has 0 aliphatic heterocycles. The molecular formula is C15H10ClF3N2O4. The molecule has 6 nitrogen and oxygen atoms in total. The number of nitro benzene ring substituents is 1. The predicted octanol–water partition coefficient (Wildman–Crippen LogP) is 4.44. The van der Waals surface area contributed by atoms with Crippen molar-refractivity contribution in [3.63, 3.8) is 0 Å². The van der Waals surface area contributed by atoms with Crippen LogP contribution in [0.1, 0.15) is 10.4 Å². The van der Waals surface area contributed by atoms with E-state index in [4.69, 9.17) is 11.6 Å². The van der Waals surface area contributed by atoms with Gasteiger partial charge in [0.15, 0.2) is 6.61 Å². The van der Waals surface area contributed by atoms with Crippen molar-refractivity contribution >= 4 is 28.9 Å². The highest BCUT2D eigenvalue weighted by Gasteiger charge is 2.28. The lowest BCUT2D eigenvalue weighted by Crippen LogP contribution is -2.19. The normalized spacial score (nSPS) is 11.0. The molecule has 25 heavy (non-hydrogen) atoms. The lowest BCUT2D eigenvalue weighted by atomic mass is 10.1. The molecule has 2 aromatic carbocycles. The summed E-state index contributed by atoms with van der Waals surface area (Å²) >= 11 is 5.85. The second kappa shape index (κ2) is 7.39. The summed E-state index contributed by atoms with van der Waals surface area (Å²) in [4.78, 5) is 22.5. The Morgan fingerprint density at radius 2 is 1.92 bits per heavy atom. The number of carbonyl (C=O) groups is 1. The topological polar surface area (TPSA) is 81.5 Å². The maximum Gasteiger partial charge on any atom is 0.422 e. The lowest BCUT2D eigenvalue weighted by Gasteiger charge is -2.11. The van der Waals surface area contributed by atoms with Crippen LogP contribution in [-0.2, 0) is 0 Å². The molecule has 0 saturated carbocycles. The van der Waals surface area contributed by atoms with E-state index in [1.807, 2.05) is 0 Å². The Balaban J connectivity index is 2.21. The van der Waals surface area contributed by atoms with E-state index in [-0.39, 0.29) is 22.0 Å². The molecule has 0 spiro atoms. The molecule has 0 aliphatic carbocycles. The standard InChI is InChI=1S/C15H10ClF3N2O4/c16-11-5-2-6-12(21(23)24)13(11)14(22)20-9-3-1-4-10(7-9)25-8-15(17,18)19/h1-7H,8H2,(H,20,22). The molecule has 0 radical (unpaired) electrons. The zero-order valence-electron chi connectivity index (χ0n) is 12.3. The Labute approximate surface area is 144 Å². The number of ether oxygens (including phenoxy) is 1. The van der Waals surface area contributed by atoms with Crippen LogP contribution in [0, 0.1) is 10.1 Å². The Kier molecular flexibility index (Phi) is 5.48. The van der Waals surface area contributed by atoms with Crippen LogP contribution in [0.2, 0.25) is 5.02 Å². The minimum absolute atomic E-state index is 0.0962. The Morgan fingerprint density at radius 3 is 2.56 bits per heavy atom. The molecule has 0 bridgehead atoms. The van der Waals surface area contributed by atoms with Crippen molar-refractivity contribution in [3.05, 3.63) is 63.2 Å². The number of rotatable bonds is 5. The average molecular weight is 375 g/mol. The number of carbonyl (C=O) groups excluding carboxylic acids is 1. The first-order valence-electron chi connectivity index (χ1n) is 6.71. The van der Waals surface area contributed by atoms with Crippen molar-refractivity contribution in [1.29, 1.82) is 0 Å². The van der Waals surface area contributed by atoms with Gasteiger partial charge in [0, 0.05) is 17.8 Å². The minimum atomic E-state index is -4.50. The van der Waals surface area contributed by atoms with E-state index in [1.54, 1.807) is 0 Å². The highest BCUT2D eigenvalue weighted by atomic mass is 35.5. The van der Waals surface area contributed by atoms with Crippen LogP contribution in [0.25, 0.3) is 0 Å². The summed E-state index contributed by atoms with van der Waals surface area (Å²) < 4.78 is 41.1. The Bertz CT molecular complexity index is 812. The van der Waals surface area contributed by atoms with Gasteiger partial charge in [-0.05, 0) is 18.2 Å². The van der Waals surface area contributed by atoms with E-state index in [0.29, 0.717) is 0 Å². The lowest BCUT2D eigenvalue weighted by molar-refractivity contribution is -0.385. The van der Waals surface area contributed by atoms with Crippen LogP contribution in [0.4, 0.5) is 24.5 Å². The van der Waals surface area contributed by atoms with Gasteiger partial charge in [-0.1, -0.05) is 23.7 Å². The molecule has 0 fully saturated rings. The van der Waals surface area contributed by atoms with Gasteiger partial charge in [0.2, 0.25) is 0 Å². The number of amides is 1. The first-order chi connectivity index (χ1) is 11.7. The van der Waals surface area contributed by atoms with Crippen LogP contribution in [-0.4, -0.2) is 23.6 Å². The van der Waals surface area contributed by atoms with E-state index in [0.717, 1.165) is 12.1 Å². The molecule has 0 saturated heterocycles. The van der Waals surface area contributed by atoms with Gasteiger partial charge in [-0.25, -0.2) is 0 Å². The second-order valence-corrected chi connectivity index (χ2v) is 5.18. The molecule has 2 aromatic rings. The van der Waals surface area contributed by atoms with Crippen LogP contribution in [0.5, 0.6) is 5.75 Å². The Hall–Kier alpha value is -2.81. The molecule has 0 atom stereocenters. The van der Waals surface area contributed by atoms with E-state index in [2.05, 4.69) is 10.1 Å². The number of hydrogen-bond donors (Lipinski definition) is 1. The first-order valence-corrected chi connectivity index (χ1v) is 7.09. The van der Waals surface area contributed by atoms with Crippen molar-refractivity contribution in [2.75, 3.05) is 11.9 Å². The van der Waals surface area contributed by atoms with Gasteiger partial charge in [0.1, 0.15) is 11.3 Å². The highest BCUT2D eigenvalue weighted by molar-refractivity contribution is 6.35. The third kappa shape index (κ3) is 5.08. The maximum atomic E-state index is 12.3. The van der Waals surface area contributed by atoms with Gasteiger partial charge in [-0.3, -0.25) is 14.9 Å². The van der Waals surface area contributed by atoms with Crippen molar-refractivity contribution < 1.29 is 27.6 Å². The molecule has 1 amide bonds. The summed E-state index contributed by atoms with van der Waals surface area (Å²) in [5.41, 5.74) is -0.746. The van der Waals surface area contributed by atoms with E-state index in [1.165, 1.54) is 30.3 Å². The number of halogens is 4. The van der Waals surface area contributed by atoms with Crippen LogP contribution in [0.15, 0.2) is 42.5 Å². The highest BCUT2D eigenvalue weighted by Crippen LogP contribution is 2.28.